The molecule has 3 aromatic rings. The highest BCUT2D eigenvalue weighted by molar-refractivity contribution is 5.95. The number of aromatic nitrogens is 3. The summed E-state index contributed by atoms with van der Waals surface area (Å²) in [6, 6.07) is 12.7. The SMILES string of the molecule is O=C(NCC(O)c1ccc(F)cc1)c1ccccc1Cn1cncn1. The van der Waals surface area contributed by atoms with Crippen molar-refractivity contribution >= 4 is 5.91 Å². The lowest BCUT2D eigenvalue weighted by Gasteiger charge is -2.14. The van der Waals surface area contributed by atoms with Gasteiger partial charge in [0, 0.05) is 12.1 Å². The molecule has 128 valence electrons. The first kappa shape index (κ1) is 16.8. The summed E-state index contributed by atoms with van der Waals surface area (Å²) in [4.78, 5) is 16.3. The Morgan fingerprint density at radius 1 is 1.20 bits per heavy atom. The number of hydrogen-bond acceptors (Lipinski definition) is 4. The summed E-state index contributed by atoms with van der Waals surface area (Å²) in [7, 11) is 0. The summed E-state index contributed by atoms with van der Waals surface area (Å²) in [6.45, 7) is 0.451. The van der Waals surface area contributed by atoms with Gasteiger partial charge in [0.15, 0.2) is 0 Å². The normalized spacial score (nSPS) is 11.9. The van der Waals surface area contributed by atoms with Crippen LogP contribution in [0.5, 0.6) is 0 Å². The minimum absolute atomic E-state index is 0.0299. The number of aliphatic hydroxyl groups is 1. The van der Waals surface area contributed by atoms with Crippen LogP contribution in [-0.4, -0.2) is 32.3 Å². The third kappa shape index (κ3) is 4.27. The van der Waals surface area contributed by atoms with Gasteiger partial charge in [-0.25, -0.2) is 14.1 Å². The molecule has 0 bridgehead atoms. The maximum atomic E-state index is 12.9. The van der Waals surface area contributed by atoms with Gasteiger partial charge in [0.2, 0.25) is 0 Å². The van der Waals surface area contributed by atoms with Crippen molar-refractivity contribution in [3.63, 3.8) is 0 Å². The highest BCUT2D eigenvalue weighted by Gasteiger charge is 2.14. The third-order valence-corrected chi connectivity index (χ3v) is 3.77. The maximum Gasteiger partial charge on any atom is 0.251 e. The molecule has 0 saturated heterocycles. The number of aliphatic hydroxyl groups excluding tert-OH is 1. The number of rotatable bonds is 6. The zero-order valence-electron chi connectivity index (χ0n) is 13.3. The van der Waals surface area contributed by atoms with Crippen LogP contribution in [-0.2, 0) is 6.54 Å². The van der Waals surface area contributed by atoms with Crippen LogP contribution in [0.1, 0.15) is 27.6 Å². The van der Waals surface area contributed by atoms with Crippen LogP contribution in [0.3, 0.4) is 0 Å². The van der Waals surface area contributed by atoms with E-state index >= 15 is 0 Å². The maximum absolute atomic E-state index is 12.9. The van der Waals surface area contributed by atoms with Crippen LogP contribution in [0.15, 0.2) is 61.2 Å². The Morgan fingerprint density at radius 3 is 2.68 bits per heavy atom. The summed E-state index contributed by atoms with van der Waals surface area (Å²) in [6.07, 6.45) is 2.10. The molecule has 1 amide bonds. The van der Waals surface area contributed by atoms with E-state index in [-0.39, 0.29) is 18.3 Å². The second-order valence-electron chi connectivity index (χ2n) is 5.53. The molecule has 0 aliphatic rings. The van der Waals surface area contributed by atoms with Gasteiger partial charge in [-0.05, 0) is 29.3 Å². The summed E-state index contributed by atoms with van der Waals surface area (Å²) in [5.74, 6) is -0.668. The third-order valence-electron chi connectivity index (χ3n) is 3.77. The molecule has 6 nitrogen and oxygen atoms in total. The largest absolute Gasteiger partial charge is 0.387 e. The molecular weight excluding hydrogens is 323 g/mol. The zero-order valence-corrected chi connectivity index (χ0v) is 13.3. The number of carbonyl (C=O) groups excluding carboxylic acids is 1. The zero-order chi connectivity index (χ0) is 17.6. The van der Waals surface area contributed by atoms with Gasteiger partial charge in [0.05, 0.1) is 12.6 Å². The van der Waals surface area contributed by atoms with E-state index in [1.54, 1.807) is 23.1 Å². The fraction of sp³-hybridized carbons (Fsp3) is 0.167. The highest BCUT2D eigenvalue weighted by Crippen LogP contribution is 2.14. The molecule has 1 aromatic heterocycles. The van der Waals surface area contributed by atoms with Crippen molar-refractivity contribution < 1.29 is 14.3 Å². The van der Waals surface area contributed by atoms with Gasteiger partial charge >= 0.3 is 0 Å². The molecule has 2 N–H and O–H groups in total. The Balaban J connectivity index is 1.66. The number of halogens is 1. The molecule has 0 fully saturated rings. The van der Waals surface area contributed by atoms with Crippen LogP contribution in [0.4, 0.5) is 4.39 Å². The molecule has 0 saturated carbocycles. The Kier molecular flexibility index (Phi) is 5.15. The quantitative estimate of drug-likeness (QED) is 0.718. The van der Waals surface area contributed by atoms with E-state index in [2.05, 4.69) is 15.4 Å². The molecule has 0 aliphatic heterocycles. The van der Waals surface area contributed by atoms with Gasteiger partial charge in [-0.3, -0.25) is 4.79 Å². The van der Waals surface area contributed by atoms with E-state index in [9.17, 15) is 14.3 Å². The van der Waals surface area contributed by atoms with Gasteiger partial charge in [-0.1, -0.05) is 30.3 Å². The molecule has 1 unspecified atom stereocenters. The smallest absolute Gasteiger partial charge is 0.251 e. The Bertz CT molecular complexity index is 835. The lowest BCUT2D eigenvalue weighted by molar-refractivity contribution is 0.0915. The molecule has 0 radical (unpaired) electrons. The first-order valence-corrected chi connectivity index (χ1v) is 7.75. The van der Waals surface area contributed by atoms with Crippen molar-refractivity contribution in [3.05, 3.63) is 83.7 Å². The molecule has 25 heavy (non-hydrogen) atoms. The molecule has 3 rings (SSSR count). The minimum Gasteiger partial charge on any atom is -0.387 e. The second kappa shape index (κ2) is 7.67. The van der Waals surface area contributed by atoms with Crippen LogP contribution in [0.25, 0.3) is 0 Å². The molecule has 2 aromatic carbocycles. The summed E-state index contributed by atoms with van der Waals surface area (Å²) >= 11 is 0. The number of hydrogen-bond donors (Lipinski definition) is 2. The minimum atomic E-state index is -0.910. The molecule has 1 atom stereocenters. The van der Waals surface area contributed by atoms with Crippen LogP contribution >= 0.6 is 0 Å². The molecule has 0 aliphatic carbocycles. The van der Waals surface area contributed by atoms with E-state index < -0.39 is 6.10 Å². The highest BCUT2D eigenvalue weighted by atomic mass is 19.1. The van der Waals surface area contributed by atoms with Crippen molar-refractivity contribution in [2.45, 2.75) is 12.6 Å². The average Bonchev–Trinajstić information content (AvgIpc) is 3.13. The molecule has 0 spiro atoms. The number of carbonyl (C=O) groups is 1. The Hall–Kier alpha value is -3.06. The number of nitrogens with zero attached hydrogens (tertiary/aromatic N) is 3. The van der Waals surface area contributed by atoms with Gasteiger partial charge in [-0.2, -0.15) is 5.10 Å². The summed E-state index contributed by atoms with van der Waals surface area (Å²) in [5, 5.41) is 16.9. The van der Waals surface area contributed by atoms with Crippen LogP contribution in [0.2, 0.25) is 0 Å². The molecule has 7 heteroatoms. The lowest BCUT2D eigenvalue weighted by atomic mass is 10.1. The topological polar surface area (TPSA) is 80.0 Å². The van der Waals surface area contributed by atoms with E-state index in [0.717, 1.165) is 5.56 Å². The van der Waals surface area contributed by atoms with Crippen molar-refractivity contribution in [2.24, 2.45) is 0 Å². The van der Waals surface area contributed by atoms with Crippen molar-refractivity contribution in [2.75, 3.05) is 6.54 Å². The van der Waals surface area contributed by atoms with Crippen molar-refractivity contribution in [1.29, 1.82) is 0 Å². The standard InChI is InChI=1S/C18H17FN4O2/c19-15-7-5-13(6-8-15)17(24)9-21-18(25)16-4-2-1-3-14(16)10-23-12-20-11-22-23/h1-8,11-12,17,24H,9-10H2,(H,21,25). The fourth-order valence-electron chi connectivity index (χ4n) is 2.46. The lowest BCUT2D eigenvalue weighted by Crippen LogP contribution is -2.29. The predicted molar refractivity (Wildman–Crippen MR) is 89.3 cm³/mol. The summed E-state index contributed by atoms with van der Waals surface area (Å²) in [5.41, 5.74) is 1.84. The first-order chi connectivity index (χ1) is 12.1. The Labute approximate surface area is 144 Å². The Morgan fingerprint density at radius 2 is 1.96 bits per heavy atom. The van der Waals surface area contributed by atoms with Gasteiger partial charge in [0.1, 0.15) is 18.5 Å². The van der Waals surface area contributed by atoms with E-state index in [0.29, 0.717) is 17.7 Å². The average molecular weight is 340 g/mol. The monoisotopic (exact) mass is 340 g/mol. The molecule has 1 heterocycles. The van der Waals surface area contributed by atoms with Gasteiger partial charge < -0.3 is 10.4 Å². The van der Waals surface area contributed by atoms with Crippen molar-refractivity contribution in [3.8, 4) is 0 Å². The van der Waals surface area contributed by atoms with Gasteiger partial charge in [-0.15, -0.1) is 0 Å². The number of amides is 1. The second-order valence-corrected chi connectivity index (χ2v) is 5.53. The van der Waals surface area contributed by atoms with Gasteiger partial charge in [0.25, 0.3) is 5.91 Å². The summed E-state index contributed by atoms with van der Waals surface area (Å²) < 4.78 is 14.5. The van der Waals surface area contributed by atoms with E-state index in [1.165, 1.54) is 30.6 Å². The number of benzene rings is 2. The van der Waals surface area contributed by atoms with Crippen LogP contribution in [0, 0.1) is 5.82 Å². The van der Waals surface area contributed by atoms with Crippen molar-refractivity contribution in [1.82, 2.24) is 20.1 Å². The van der Waals surface area contributed by atoms with E-state index in [1.807, 2.05) is 12.1 Å². The van der Waals surface area contributed by atoms with E-state index in [4.69, 9.17) is 0 Å². The van der Waals surface area contributed by atoms with Crippen LogP contribution < -0.4 is 5.32 Å². The number of nitrogens with one attached hydrogen (secondary N) is 1. The molecular formula is C18H17FN4O2. The fourth-order valence-corrected chi connectivity index (χ4v) is 2.46. The predicted octanol–water partition coefficient (Wildman–Crippen LogP) is 1.93. The first-order valence-electron chi connectivity index (χ1n) is 7.75.